The van der Waals surface area contributed by atoms with Gasteiger partial charge in [0.1, 0.15) is 12.6 Å². The molecular formula is C14H24NO4+. The minimum absolute atomic E-state index is 0.181. The van der Waals surface area contributed by atoms with E-state index in [1.807, 2.05) is 12.1 Å². The predicted molar refractivity (Wildman–Crippen MR) is 72.9 cm³/mol. The molecule has 0 saturated heterocycles. The number of nitrogens with two attached hydrogens (primary N) is 1. The fourth-order valence-corrected chi connectivity index (χ4v) is 1.93. The van der Waals surface area contributed by atoms with Crippen molar-refractivity contribution >= 4 is 0 Å². The zero-order valence-electron chi connectivity index (χ0n) is 12.1. The first-order valence-corrected chi connectivity index (χ1v) is 6.43. The molecular weight excluding hydrogens is 246 g/mol. The lowest BCUT2D eigenvalue weighted by molar-refractivity contribution is -0.706. The maximum absolute atomic E-state index is 9.19. The summed E-state index contributed by atoms with van der Waals surface area (Å²) in [6, 6.07) is 4.09. The summed E-state index contributed by atoms with van der Waals surface area (Å²) in [4.78, 5) is 0. The van der Waals surface area contributed by atoms with E-state index < -0.39 is 0 Å². The number of ether oxygens (including phenoxy) is 3. The first kappa shape index (κ1) is 15.6. The molecule has 1 rings (SSSR count). The van der Waals surface area contributed by atoms with Crippen molar-refractivity contribution < 1.29 is 24.6 Å². The van der Waals surface area contributed by atoms with E-state index in [2.05, 4.69) is 12.2 Å². The molecule has 0 aromatic heterocycles. The summed E-state index contributed by atoms with van der Waals surface area (Å²) in [5.41, 5.74) is 1.07. The molecule has 3 N–H and O–H groups in total. The highest BCUT2D eigenvalue weighted by atomic mass is 16.5. The van der Waals surface area contributed by atoms with Crippen molar-refractivity contribution in [3.05, 3.63) is 17.7 Å². The van der Waals surface area contributed by atoms with Gasteiger partial charge in [0.25, 0.3) is 0 Å². The summed E-state index contributed by atoms with van der Waals surface area (Å²) in [7, 11) is 4.80. The molecule has 0 aliphatic heterocycles. The molecule has 1 aromatic carbocycles. The summed E-state index contributed by atoms with van der Waals surface area (Å²) >= 11 is 0. The molecule has 0 spiro atoms. The predicted octanol–water partition coefficient (Wildman–Crippen LogP) is 0.547. The number of rotatable bonds is 8. The average Bonchev–Trinajstić information content (AvgIpc) is 2.46. The smallest absolute Gasteiger partial charge is 0.203 e. The lowest BCUT2D eigenvalue weighted by Crippen LogP contribution is -2.89. The summed E-state index contributed by atoms with van der Waals surface area (Å²) in [6.07, 6.45) is 0.931. The van der Waals surface area contributed by atoms with Crippen LogP contribution in [0.25, 0.3) is 0 Å². The third-order valence-corrected chi connectivity index (χ3v) is 3.17. The Hall–Kier alpha value is -1.46. The van der Waals surface area contributed by atoms with Crippen LogP contribution in [-0.4, -0.2) is 39.1 Å². The molecule has 0 bridgehead atoms. The number of methoxy groups -OCH3 is 3. The van der Waals surface area contributed by atoms with E-state index in [0.29, 0.717) is 17.2 Å². The molecule has 0 unspecified atom stereocenters. The summed E-state index contributed by atoms with van der Waals surface area (Å²) < 4.78 is 15.9. The summed E-state index contributed by atoms with van der Waals surface area (Å²) in [5.74, 6) is 1.91. The Morgan fingerprint density at radius 1 is 1.11 bits per heavy atom. The van der Waals surface area contributed by atoms with Gasteiger partial charge in [-0.1, -0.05) is 6.92 Å². The zero-order chi connectivity index (χ0) is 14.3. The van der Waals surface area contributed by atoms with Gasteiger partial charge in [0.2, 0.25) is 5.75 Å². The van der Waals surface area contributed by atoms with Gasteiger partial charge in [0.15, 0.2) is 11.5 Å². The lowest BCUT2D eigenvalue weighted by Gasteiger charge is -2.15. The standard InChI is InChI=1S/C14H23NO4/c1-5-11(9-16)15-8-10-6-12(17-2)14(19-4)13(7-10)18-3/h6-7,11,15-16H,5,8-9H2,1-4H3/p+1/t11-/m1/s1. The largest absolute Gasteiger partial charge is 0.493 e. The van der Waals surface area contributed by atoms with Gasteiger partial charge in [-0.3, -0.25) is 0 Å². The number of benzene rings is 1. The first-order valence-electron chi connectivity index (χ1n) is 6.43. The first-order chi connectivity index (χ1) is 9.19. The molecule has 0 aliphatic carbocycles. The summed E-state index contributed by atoms with van der Waals surface area (Å²) in [6.45, 7) is 3.00. The Labute approximate surface area is 114 Å². The summed E-state index contributed by atoms with van der Waals surface area (Å²) in [5, 5.41) is 11.3. The Morgan fingerprint density at radius 2 is 1.68 bits per heavy atom. The van der Waals surface area contributed by atoms with Gasteiger partial charge in [-0.25, -0.2) is 0 Å². The molecule has 108 valence electrons. The topological polar surface area (TPSA) is 64.5 Å². The maximum Gasteiger partial charge on any atom is 0.203 e. The van der Waals surface area contributed by atoms with Crippen LogP contribution in [0.1, 0.15) is 18.9 Å². The van der Waals surface area contributed by atoms with Crippen molar-refractivity contribution in [2.75, 3.05) is 27.9 Å². The van der Waals surface area contributed by atoms with Crippen molar-refractivity contribution in [2.45, 2.75) is 25.9 Å². The van der Waals surface area contributed by atoms with Gasteiger partial charge in [0, 0.05) is 5.56 Å². The normalized spacial score (nSPS) is 12.1. The second-order valence-corrected chi connectivity index (χ2v) is 4.32. The molecule has 0 radical (unpaired) electrons. The van der Waals surface area contributed by atoms with Crippen molar-refractivity contribution in [1.82, 2.24) is 0 Å². The number of quaternary nitrogens is 1. The van der Waals surface area contributed by atoms with Gasteiger partial charge >= 0.3 is 0 Å². The van der Waals surface area contributed by atoms with E-state index in [9.17, 15) is 5.11 Å². The SMILES string of the molecule is CC[C@H](CO)[NH2+]Cc1cc(OC)c(OC)c(OC)c1. The van der Waals surface area contributed by atoms with Gasteiger partial charge in [-0.15, -0.1) is 0 Å². The van der Waals surface area contributed by atoms with Crippen molar-refractivity contribution in [1.29, 1.82) is 0 Å². The second kappa shape index (κ2) is 7.86. The molecule has 0 saturated carbocycles. The van der Waals surface area contributed by atoms with Crippen LogP contribution in [0.15, 0.2) is 12.1 Å². The van der Waals surface area contributed by atoms with Gasteiger partial charge in [-0.2, -0.15) is 0 Å². The number of hydrogen-bond acceptors (Lipinski definition) is 4. The maximum atomic E-state index is 9.19. The lowest BCUT2D eigenvalue weighted by atomic mass is 10.1. The number of aliphatic hydroxyl groups is 1. The molecule has 5 nitrogen and oxygen atoms in total. The molecule has 1 atom stereocenters. The third-order valence-electron chi connectivity index (χ3n) is 3.17. The van der Waals surface area contributed by atoms with E-state index >= 15 is 0 Å². The molecule has 5 heteroatoms. The second-order valence-electron chi connectivity index (χ2n) is 4.32. The minimum Gasteiger partial charge on any atom is -0.493 e. The Balaban J connectivity index is 2.90. The van der Waals surface area contributed by atoms with Crippen LogP contribution in [0.3, 0.4) is 0 Å². The Kier molecular flexibility index (Phi) is 6.45. The van der Waals surface area contributed by atoms with Crippen molar-refractivity contribution in [3.63, 3.8) is 0 Å². The van der Waals surface area contributed by atoms with E-state index in [1.165, 1.54) is 0 Å². The molecule has 0 amide bonds. The highest BCUT2D eigenvalue weighted by Crippen LogP contribution is 2.37. The van der Waals surface area contributed by atoms with Crippen LogP contribution in [-0.2, 0) is 6.54 Å². The van der Waals surface area contributed by atoms with Gasteiger partial charge < -0.3 is 24.6 Å². The zero-order valence-corrected chi connectivity index (χ0v) is 12.1. The fourth-order valence-electron chi connectivity index (χ4n) is 1.93. The fraction of sp³-hybridized carbons (Fsp3) is 0.571. The van der Waals surface area contributed by atoms with Crippen molar-refractivity contribution in [3.8, 4) is 17.2 Å². The monoisotopic (exact) mass is 270 g/mol. The quantitative estimate of drug-likeness (QED) is 0.724. The Morgan fingerprint density at radius 3 is 2.05 bits per heavy atom. The Bertz CT molecular complexity index is 366. The van der Waals surface area contributed by atoms with Crippen LogP contribution in [0.2, 0.25) is 0 Å². The number of hydrogen-bond donors (Lipinski definition) is 2. The van der Waals surface area contributed by atoms with Crippen LogP contribution >= 0.6 is 0 Å². The van der Waals surface area contributed by atoms with Crippen LogP contribution in [0.5, 0.6) is 17.2 Å². The molecule has 0 aliphatic rings. The number of aliphatic hydroxyl groups excluding tert-OH is 1. The van der Waals surface area contributed by atoms with Gasteiger partial charge in [0.05, 0.1) is 27.9 Å². The van der Waals surface area contributed by atoms with E-state index in [-0.39, 0.29) is 12.6 Å². The minimum atomic E-state index is 0.181. The van der Waals surface area contributed by atoms with Crippen LogP contribution in [0.4, 0.5) is 0 Å². The van der Waals surface area contributed by atoms with Crippen molar-refractivity contribution in [2.24, 2.45) is 0 Å². The highest BCUT2D eigenvalue weighted by Gasteiger charge is 2.15. The van der Waals surface area contributed by atoms with Gasteiger partial charge in [-0.05, 0) is 18.6 Å². The third kappa shape index (κ3) is 4.01. The molecule has 0 fully saturated rings. The van der Waals surface area contributed by atoms with Crippen LogP contribution in [0, 0.1) is 0 Å². The van der Waals surface area contributed by atoms with Crippen LogP contribution < -0.4 is 19.5 Å². The molecule has 1 aromatic rings. The highest BCUT2D eigenvalue weighted by molar-refractivity contribution is 5.53. The molecule has 0 heterocycles. The average molecular weight is 270 g/mol. The van der Waals surface area contributed by atoms with E-state index in [0.717, 1.165) is 18.5 Å². The van der Waals surface area contributed by atoms with E-state index in [1.54, 1.807) is 21.3 Å². The van der Waals surface area contributed by atoms with E-state index in [4.69, 9.17) is 14.2 Å². The molecule has 19 heavy (non-hydrogen) atoms.